The number of aromatic nitrogens is 1. The number of nitriles is 1. The Morgan fingerprint density at radius 3 is 2.61 bits per heavy atom. The second-order valence-electron chi connectivity index (χ2n) is 5.54. The molecule has 2 N–H and O–H groups in total. The summed E-state index contributed by atoms with van der Waals surface area (Å²) in [6.07, 6.45) is -3.05. The van der Waals surface area contributed by atoms with Gasteiger partial charge in [-0.1, -0.05) is 6.92 Å². The summed E-state index contributed by atoms with van der Waals surface area (Å²) in [7, 11) is 0. The van der Waals surface area contributed by atoms with Crippen molar-refractivity contribution < 1.29 is 18.3 Å². The van der Waals surface area contributed by atoms with Gasteiger partial charge >= 0.3 is 6.18 Å². The molecule has 1 atom stereocenters. The molecule has 0 amide bonds. The van der Waals surface area contributed by atoms with Gasteiger partial charge in [0.1, 0.15) is 23.3 Å². The van der Waals surface area contributed by atoms with Crippen LogP contribution in [0.5, 0.6) is 0 Å². The van der Waals surface area contributed by atoms with Gasteiger partial charge in [0.05, 0.1) is 5.56 Å². The highest BCUT2D eigenvalue weighted by Gasteiger charge is 2.37. The summed E-state index contributed by atoms with van der Waals surface area (Å²) in [5.74, 6) is 0.0903. The van der Waals surface area contributed by atoms with Gasteiger partial charge < -0.3 is 15.3 Å². The van der Waals surface area contributed by atoms with Crippen molar-refractivity contribution in [3.63, 3.8) is 0 Å². The molecule has 0 bridgehead atoms. The largest absolute Gasteiger partial charge is 0.417 e. The first-order valence-corrected chi connectivity index (χ1v) is 7.52. The maximum absolute atomic E-state index is 13.2. The molecule has 0 saturated carbocycles. The Hall–Kier alpha value is -2.01. The second-order valence-corrected chi connectivity index (χ2v) is 5.54. The molecule has 1 aliphatic heterocycles. The summed E-state index contributed by atoms with van der Waals surface area (Å²) in [5.41, 5.74) is -1.41. The van der Waals surface area contributed by atoms with Gasteiger partial charge in [-0.2, -0.15) is 18.4 Å². The number of nitrogens with zero attached hydrogens (tertiary/aromatic N) is 3. The molecule has 126 valence electrons. The molecule has 5 nitrogen and oxygen atoms in total. The van der Waals surface area contributed by atoms with Crippen LogP contribution in [-0.4, -0.2) is 36.3 Å². The van der Waals surface area contributed by atoms with Crippen LogP contribution < -0.4 is 10.2 Å². The van der Waals surface area contributed by atoms with E-state index in [1.165, 1.54) is 0 Å². The molecule has 0 spiro atoms. The van der Waals surface area contributed by atoms with Crippen LogP contribution in [0, 0.1) is 17.2 Å². The third-order valence-electron chi connectivity index (χ3n) is 3.98. The minimum absolute atomic E-state index is 0.0507. The summed E-state index contributed by atoms with van der Waals surface area (Å²) < 4.78 is 39.7. The van der Waals surface area contributed by atoms with Gasteiger partial charge in [0.25, 0.3) is 0 Å². The molecule has 1 unspecified atom stereocenters. The average molecular weight is 328 g/mol. The molecule has 1 aliphatic rings. The average Bonchev–Trinajstić information content (AvgIpc) is 2.45. The maximum Gasteiger partial charge on any atom is 0.417 e. The Morgan fingerprint density at radius 2 is 2.17 bits per heavy atom. The van der Waals surface area contributed by atoms with E-state index in [0.29, 0.717) is 26.1 Å². The number of hydrogen-bond acceptors (Lipinski definition) is 5. The van der Waals surface area contributed by atoms with Gasteiger partial charge in [0.15, 0.2) is 0 Å². The highest BCUT2D eigenvalue weighted by molar-refractivity contribution is 5.64. The number of aliphatic hydroxyl groups excluding tert-OH is 1. The third-order valence-corrected chi connectivity index (χ3v) is 3.98. The lowest BCUT2D eigenvalue weighted by atomic mass is 10.1. The number of pyridine rings is 1. The fourth-order valence-electron chi connectivity index (χ4n) is 2.30. The number of aliphatic hydroxyl groups is 1. The van der Waals surface area contributed by atoms with Crippen molar-refractivity contribution in [2.75, 3.05) is 36.5 Å². The van der Waals surface area contributed by atoms with Crippen LogP contribution in [0.15, 0.2) is 6.07 Å². The van der Waals surface area contributed by atoms with E-state index in [-0.39, 0.29) is 24.2 Å². The first kappa shape index (κ1) is 17.3. The summed E-state index contributed by atoms with van der Waals surface area (Å²) in [5, 5.41) is 21.2. The second kappa shape index (κ2) is 7.04. The Kier molecular flexibility index (Phi) is 5.31. The van der Waals surface area contributed by atoms with E-state index >= 15 is 0 Å². The van der Waals surface area contributed by atoms with Crippen LogP contribution >= 0.6 is 0 Å². The monoisotopic (exact) mass is 328 g/mol. The van der Waals surface area contributed by atoms with E-state index in [0.717, 1.165) is 12.5 Å². The number of nitrogens with one attached hydrogen (secondary N) is 1. The molecule has 0 aromatic carbocycles. The SMILES string of the molecule is CCC(CO)CNc1cc(C(F)(F)F)c(C#N)c(N2CCC2)n1. The Labute approximate surface area is 132 Å². The van der Waals surface area contributed by atoms with E-state index in [1.54, 1.807) is 11.0 Å². The zero-order valence-electron chi connectivity index (χ0n) is 12.8. The fourth-order valence-corrected chi connectivity index (χ4v) is 2.30. The van der Waals surface area contributed by atoms with Gasteiger partial charge in [-0.3, -0.25) is 0 Å². The highest BCUT2D eigenvalue weighted by atomic mass is 19.4. The zero-order chi connectivity index (χ0) is 17.0. The van der Waals surface area contributed by atoms with Crippen molar-refractivity contribution in [2.24, 2.45) is 5.92 Å². The van der Waals surface area contributed by atoms with E-state index in [9.17, 15) is 13.2 Å². The number of alkyl halides is 3. The standard InChI is InChI=1S/C15H19F3N4O/c1-2-10(9-23)8-20-13-6-12(15(16,17)18)11(7-19)14(21-13)22-4-3-5-22/h6,10,23H,2-5,8-9H2,1H3,(H,20,21). The van der Waals surface area contributed by atoms with Gasteiger partial charge in [-0.05, 0) is 24.8 Å². The first-order chi connectivity index (χ1) is 10.9. The Morgan fingerprint density at radius 1 is 1.48 bits per heavy atom. The number of hydrogen-bond donors (Lipinski definition) is 2. The number of rotatable bonds is 6. The van der Waals surface area contributed by atoms with E-state index < -0.39 is 17.3 Å². The van der Waals surface area contributed by atoms with Gasteiger partial charge in [-0.15, -0.1) is 0 Å². The maximum atomic E-state index is 13.2. The summed E-state index contributed by atoms with van der Waals surface area (Å²) in [6, 6.07) is 2.51. The van der Waals surface area contributed by atoms with Crippen LogP contribution in [0.3, 0.4) is 0 Å². The lowest BCUT2D eigenvalue weighted by molar-refractivity contribution is -0.137. The molecular formula is C15H19F3N4O. The Bertz CT molecular complexity index is 590. The smallest absolute Gasteiger partial charge is 0.396 e. The molecular weight excluding hydrogens is 309 g/mol. The first-order valence-electron chi connectivity index (χ1n) is 7.52. The topological polar surface area (TPSA) is 72.2 Å². The van der Waals surface area contributed by atoms with Crippen LogP contribution in [0.1, 0.15) is 30.9 Å². The van der Waals surface area contributed by atoms with Crippen molar-refractivity contribution in [3.8, 4) is 6.07 Å². The van der Waals surface area contributed by atoms with Crippen molar-refractivity contribution >= 4 is 11.6 Å². The minimum atomic E-state index is -4.62. The molecule has 1 fully saturated rings. The van der Waals surface area contributed by atoms with E-state index in [4.69, 9.17) is 10.4 Å². The molecule has 2 heterocycles. The minimum Gasteiger partial charge on any atom is -0.396 e. The molecule has 1 aromatic heterocycles. The molecule has 1 saturated heterocycles. The van der Waals surface area contributed by atoms with Crippen molar-refractivity contribution in [3.05, 3.63) is 17.2 Å². The van der Waals surface area contributed by atoms with E-state index in [1.807, 2.05) is 6.92 Å². The molecule has 0 radical (unpaired) electrons. The molecule has 1 aromatic rings. The lowest BCUT2D eigenvalue weighted by Gasteiger charge is -2.33. The summed E-state index contributed by atoms with van der Waals surface area (Å²) in [4.78, 5) is 5.86. The quantitative estimate of drug-likeness (QED) is 0.840. The number of halogens is 3. The predicted octanol–water partition coefficient (Wildman–Crippen LogP) is 2.61. The van der Waals surface area contributed by atoms with Crippen LogP contribution in [0.25, 0.3) is 0 Å². The zero-order valence-corrected chi connectivity index (χ0v) is 12.8. The van der Waals surface area contributed by atoms with Gasteiger partial charge in [0, 0.05) is 26.2 Å². The highest BCUT2D eigenvalue weighted by Crippen LogP contribution is 2.37. The van der Waals surface area contributed by atoms with Gasteiger partial charge in [-0.25, -0.2) is 4.98 Å². The Balaban J connectivity index is 2.37. The molecule has 0 aliphatic carbocycles. The molecule has 23 heavy (non-hydrogen) atoms. The lowest BCUT2D eigenvalue weighted by Crippen LogP contribution is -2.38. The van der Waals surface area contributed by atoms with Crippen LogP contribution in [-0.2, 0) is 6.18 Å². The summed E-state index contributed by atoms with van der Waals surface area (Å²) in [6.45, 7) is 3.35. The summed E-state index contributed by atoms with van der Waals surface area (Å²) >= 11 is 0. The van der Waals surface area contributed by atoms with Crippen LogP contribution in [0.4, 0.5) is 24.8 Å². The normalized spacial score (nSPS) is 15.7. The predicted molar refractivity (Wildman–Crippen MR) is 80.1 cm³/mol. The molecule has 2 rings (SSSR count). The third kappa shape index (κ3) is 3.85. The van der Waals surface area contributed by atoms with Crippen LogP contribution in [0.2, 0.25) is 0 Å². The fraction of sp³-hybridized carbons (Fsp3) is 0.600. The van der Waals surface area contributed by atoms with Gasteiger partial charge in [0.2, 0.25) is 0 Å². The van der Waals surface area contributed by atoms with E-state index in [2.05, 4.69) is 10.3 Å². The molecule has 8 heteroatoms. The number of anilines is 2. The van der Waals surface area contributed by atoms with Crippen molar-refractivity contribution in [1.82, 2.24) is 4.98 Å². The van der Waals surface area contributed by atoms with Crippen molar-refractivity contribution in [1.29, 1.82) is 5.26 Å². The van der Waals surface area contributed by atoms with Crippen molar-refractivity contribution in [2.45, 2.75) is 25.9 Å².